The predicted molar refractivity (Wildman–Crippen MR) is 84.8 cm³/mol. The molecule has 0 aliphatic carbocycles. The van der Waals surface area contributed by atoms with Gasteiger partial charge >= 0.3 is 5.97 Å². The van der Waals surface area contributed by atoms with Crippen LogP contribution in [-0.4, -0.2) is 35.2 Å². The number of rotatable bonds is 9. The van der Waals surface area contributed by atoms with Crippen molar-refractivity contribution in [1.29, 1.82) is 0 Å². The zero-order chi connectivity index (χ0) is 16.5. The molecule has 2 aromatic heterocycles. The minimum Gasteiger partial charge on any atom is -0.466 e. The molecule has 0 saturated heterocycles. The van der Waals surface area contributed by atoms with Gasteiger partial charge in [0.1, 0.15) is 0 Å². The summed E-state index contributed by atoms with van der Waals surface area (Å²) >= 11 is 1.53. The van der Waals surface area contributed by atoms with Crippen molar-refractivity contribution >= 4 is 23.2 Å². The second-order valence-corrected chi connectivity index (χ2v) is 5.70. The standard InChI is InChI=1S/C15H19N3O4S/c1-2-21-14(20)6-3-9-16-12(19)7-8-13-17-15(18-22-13)11-5-4-10-23-11/h4-5,10H,2-3,6-9H2,1H3,(H,16,19). The lowest BCUT2D eigenvalue weighted by Crippen LogP contribution is -2.25. The van der Waals surface area contributed by atoms with Crippen molar-refractivity contribution in [3.05, 3.63) is 23.4 Å². The molecule has 7 nitrogen and oxygen atoms in total. The fraction of sp³-hybridized carbons (Fsp3) is 0.467. The molecular weight excluding hydrogens is 318 g/mol. The molecular formula is C15H19N3O4S. The molecule has 0 saturated carbocycles. The summed E-state index contributed by atoms with van der Waals surface area (Å²) in [7, 11) is 0. The van der Waals surface area contributed by atoms with Crippen LogP contribution in [0.25, 0.3) is 10.7 Å². The first-order chi connectivity index (χ1) is 11.2. The van der Waals surface area contributed by atoms with Crippen LogP contribution in [-0.2, 0) is 20.7 Å². The van der Waals surface area contributed by atoms with Gasteiger partial charge in [-0.1, -0.05) is 11.2 Å². The van der Waals surface area contributed by atoms with Crippen LogP contribution in [0.3, 0.4) is 0 Å². The summed E-state index contributed by atoms with van der Waals surface area (Å²) in [5.41, 5.74) is 0. The van der Waals surface area contributed by atoms with Crippen LogP contribution in [0, 0.1) is 0 Å². The van der Waals surface area contributed by atoms with Gasteiger partial charge in [-0.25, -0.2) is 0 Å². The number of carbonyl (C=O) groups excluding carboxylic acids is 2. The number of carbonyl (C=O) groups is 2. The van der Waals surface area contributed by atoms with Crippen molar-refractivity contribution in [3.8, 4) is 10.7 Å². The molecule has 0 aliphatic heterocycles. The topological polar surface area (TPSA) is 94.3 Å². The fourth-order valence-corrected chi connectivity index (χ4v) is 2.51. The van der Waals surface area contributed by atoms with Crippen molar-refractivity contribution in [1.82, 2.24) is 15.5 Å². The van der Waals surface area contributed by atoms with Crippen LogP contribution >= 0.6 is 11.3 Å². The summed E-state index contributed by atoms with van der Waals surface area (Å²) in [4.78, 5) is 28.0. The van der Waals surface area contributed by atoms with E-state index in [2.05, 4.69) is 15.5 Å². The zero-order valence-electron chi connectivity index (χ0n) is 12.9. The number of thiophene rings is 1. The normalized spacial score (nSPS) is 10.5. The molecule has 124 valence electrons. The largest absolute Gasteiger partial charge is 0.466 e. The summed E-state index contributed by atoms with van der Waals surface area (Å²) in [5.74, 6) is 0.637. The minimum atomic E-state index is -0.242. The van der Waals surface area contributed by atoms with Crippen LogP contribution in [0.1, 0.15) is 32.1 Å². The molecule has 8 heteroatoms. The summed E-state index contributed by atoms with van der Waals surface area (Å²) in [5, 5.41) is 8.58. The van der Waals surface area contributed by atoms with Gasteiger partial charge in [-0.3, -0.25) is 9.59 Å². The summed E-state index contributed by atoms with van der Waals surface area (Å²) in [6.45, 7) is 2.59. The molecule has 23 heavy (non-hydrogen) atoms. The molecule has 0 spiro atoms. The second-order valence-electron chi connectivity index (χ2n) is 4.75. The third kappa shape index (κ3) is 5.82. The number of aryl methyl sites for hydroxylation is 1. The Balaban J connectivity index is 1.64. The van der Waals surface area contributed by atoms with Gasteiger partial charge in [0.05, 0.1) is 11.5 Å². The van der Waals surface area contributed by atoms with Gasteiger partial charge in [0.2, 0.25) is 17.6 Å². The van der Waals surface area contributed by atoms with Crippen molar-refractivity contribution in [2.24, 2.45) is 0 Å². The third-order valence-corrected chi connectivity index (χ3v) is 3.83. The number of esters is 1. The van der Waals surface area contributed by atoms with E-state index in [0.717, 1.165) is 4.88 Å². The highest BCUT2D eigenvalue weighted by Crippen LogP contribution is 2.21. The van der Waals surface area contributed by atoms with E-state index in [1.165, 1.54) is 11.3 Å². The van der Waals surface area contributed by atoms with Gasteiger partial charge in [-0.05, 0) is 24.8 Å². The van der Waals surface area contributed by atoms with Crippen LogP contribution in [0.4, 0.5) is 0 Å². The number of nitrogens with zero attached hydrogens (tertiary/aromatic N) is 2. The first kappa shape index (κ1) is 17.1. The Hall–Kier alpha value is -2.22. The molecule has 1 N–H and O–H groups in total. The number of aromatic nitrogens is 2. The van der Waals surface area contributed by atoms with Gasteiger partial charge in [0, 0.05) is 25.8 Å². The maximum absolute atomic E-state index is 11.7. The van der Waals surface area contributed by atoms with Crippen LogP contribution in [0.15, 0.2) is 22.0 Å². The van der Waals surface area contributed by atoms with Gasteiger partial charge in [-0.2, -0.15) is 4.98 Å². The van der Waals surface area contributed by atoms with Crippen molar-refractivity contribution in [2.45, 2.75) is 32.6 Å². The highest BCUT2D eigenvalue weighted by Gasteiger charge is 2.11. The van der Waals surface area contributed by atoms with Crippen molar-refractivity contribution in [3.63, 3.8) is 0 Å². The van der Waals surface area contributed by atoms with Crippen LogP contribution in [0.5, 0.6) is 0 Å². The molecule has 0 fully saturated rings. The average molecular weight is 337 g/mol. The fourth-order valence-electron chi connectivity index (χ4n) is 1.86. The quantitative estimate of drug-likeness (QED) is 0.557. The first-order valence-electron chi connectivity index (χ1n) is 7.48. The van der Waals surface area contributed by atoms with E-state index in [0.29, 0.717) is 44.1 Å². The summed E-state index contributed by atoms with van der Waals surface area (Å²) < 4.78 is 9.94. The second kappa shape index (κ2) is 9.04. The molecule has 0 atom stereocenters. The number of nitrogens with one attached hydrogen (secondary N) is 1. The molecule has 0 bridgehead atoms. The number of amides is 1. The van der Waals surface area contributed by atoms with E-state index < -0.39 is 0 Å². The highest BCUT2D eigenvalue weighted by molar-refractivity contribution is 7.13. The number of ether oxygens (including phenoxy) is 1. The van der Waals surface area contributed by atoms with Gasteiger partial charge in [0.25, 0.3) is 0 Å². The predicted octanol–water partition coefficient (Wildman–Crippen LogP) is 2.19. The zero-order valence-corrected chi connectivity index (χ0v) is 13.7. The Bertz CT molecular complexity index is 624. The Kier molecular flexibility index (Phi) is 6.74. The van der Waals surface area contributed by atoms with Crippen LogP contribution < -0.4 is 5.32 Å². The lowest BCUT2D eigenvalue weighted by atomic mass is 10.2. The Morgan fingerprint density at radius 3 is 3.00 bits per heavy atom. The van der Waals surface area contributed by atoms with E-state index in [1.54, 1.807) is 6.92 Å². The molecule has 0 radical (unpaired) electrons. The van der Waals surface area contributed by atoms with Crippen molar-refractivity contribution < 1.29 is 18.8 Å². The molecule has 2 aromatic rings. The maximum Gasteiger partial charge on any atom is 0.305 e. The van der Waals surface area contributed by atoms with Gasteiger partial charge in [0.15, 0.2) is 0 Å². The molecule has 1 amide bonds. The molecule has 0 aliphatic rings. The lowest BCUT2D eigenvalue weighted by Gasteiger charge is -2.04. The highest BCUT2D eigenvalue weighted by atomic mass is 32.1. The van der Waals surface area contributed by atoms with E-state index in [4.69, 9.17) is 9.26 Å². The van der Waals surface area contributed by atoms with E-state index in [-0.39, 0.29) is 18.3 Å². The monoisotopic (exact) mass is 337 g/mol. The summed E-state index contributed by atoms with van der Waals surface area (Å²) in [6.07, 6.45) is 1.53. The number of hydrogen-bond acceptors (Lipinski definition) is 7. The van der Waals surface area contributed by atoms with Gasteiger partial charge < -0.3 is 14.6 Å². The van der Waals surface area contributed by atoms with Crippen LogP contribution in [0.2, 0.25) is 0 Å². The molecule has 2 rings (SSSR count). The Labute approximate surface area is 138 Å². The molecule has 2 heterocycles. The molecule has 0 aromatic carbocycles. The Morgan fingerprint density at radius 2 is 2.26 bits per heavy atom. The minimum absolute atomic E-state index is 0.107. The average Bonchev–Trinajstić information content (AvgIpc) is 3.20. The SMILES string of the molecule is CCOC(=O)CCCNC(=O)CCc1nc(-c2cccs2)no1. The molecule has 0 unspecified atom stereocenters. The van der Waals surface area contributed by atoms with E-state index in [9.17, 15) is 9.59 Å². The lowest BCUT2D eigenvalue weighted by molar-refractivity contribution is -0.143. The summed E-state index contributed by atoms with van der Waals surface area (Å²) in [6, 6.07) is 3.83. The van der Waals surface area contributed by atoms with E-state index in [1.807, 2.05) is 17.5 Å². The van der Waals surface area contributed by atoms with Gasteiger partial charge in [-0.15, -0.1) is 11.3 Å². The Morgan fingerprint density at radius 1 is 1.39 bits per heavy atom. The first-order valence-corrected chi connectivity index (χ1v) is 8.35. The third-order valence-electron chi connectivity index (χ3n) is 2.96. The van der Waals surface area contributed by atoms with E-state index >= 15 is 0 Å². The number of hydrogen-bond donors (Lipinski definition) is 1. The smallest absolute Gasteiger partial charge is 0.305 e. The maximum atomic E-state index is 11.7. The van der Waals surface area contributed by atoms with Crippen molar-refractivity contribution in [2.75, 3.05) is 13.2 Å².